The Morgan fingerprint density at radius 2 is 1.59 bits per heavy atom. The molecule has 9 unspecified atom stereocenters. The second-order valence-electron chi connectivity index (χ2n) is 14.3. The van der Waals surface area contributed by atoms with Crippen LogP contribution in [0.25, 0.3) is 0 Å². The Morgan fingerprint density at radius 3 is 2.28 bits per heavy atom. The smallest absolute Gasteiger partial charge is 0.309 e. The molecule has 4 saturated carbocycles. The standard InChI is InChI=1S/C29H46O3/c1-25(2)22-10-9-18-19(29(22,6)12-11-23(25)30)7-8-20-21-17-27(4,24(31)32)14-13-26(21,3)15-16-28(18,20)5/h8,18-19,21-23,30H,7,9-17H2,1-6H3,(H,31,32). The first-order valence-corrected chi connectivity index (χ1v) is 13.4. The molecule has 0 bridgehead atoms. The van der Waals surface area contributed by atoms with E-state index in [2.05, 4.69) is 40.7 Å². The molecule has 9 atom stereocenters. The van der Waals surface area contributed by atoms with Gasteiger partial charge in [0.1, 0.15) is 0 Å². The van der Waals surface area contributed by atoms with Crippen molar-refractivity contribution in [3.63, 3.8) is 0 Å². The average molecular weight is 443 g/mol. The predicted molar refractivity (Wildman–Crippen MR) is 128 cm³/mol. The largest absolute Gasteiger partial charge is 0.481 e. The van der Waals surface area contributed by atoms with Gasteiger partial charge >= 0.3 is 5.97 Å². The van der Waals surface area contributed by atoms with E-state index in [4.69, 9.17) is 0 Å². The summed E-state index contributed by atoms with van der Waals surface area (Å²) >= 11 is 0. The fourth-order valence-electron chi connectivity index (χ4n) is 10.1. The molecule has 0 aromatic heterocycles. The minimum Gasteiger partial charge on any atom is -0.481 e. The van der Waals surface area contributed by atoms with E-state index in [0.29, 0.717) is 29.1 Å². The maximum absolute atomic E-state index is 12.2. The van der Waals surface area contributed by atoms with Gasteiger partial charge < -0.3 is 10.2 Å². The zero-order valence-electron chi connectivity index (χ0n) is 21.3. The number of aliphatic hydroxyl groups excluding tert-OH is 1. The summed E-state index contributed by atoms with van der Waals surface area (Å²) in [4.78, 5) is 12.2. The summed E-state index contributed by atoms with van der Waals surface area (Å²) < 4.78 is 0. The highest BCUT2D eigenvalue weighted by Gasteiger charge is 2.64. The average Bonchev–Trinajstić information content (AvgIpc) is 2.72. The summed E-state index contributed by atoms with van der Waals surface area (Å²) in [6.45, 7) is 14.2. The van der Waals surface area contributed by atoms with E-state index in [1.165, 1.54) is 25.7 Å². The summed E-state index contributed by atoms with van der Waals surface area (Å²) in [6.07, 6.45) is 13.4. The first-order chi connectivity index (χ1) is 14.8. The van der Waals surface area contributed by atoms with Gasteiger partial charge in [-0.25, -0.2) is 0 Å². The number of hydrogen-bond donors (Lipinski definition) is 2. The summed E-state index contributed by atoms with van der Waals surface area (Å²) in [5.74, 6) is 1.82. The molecule has 5 aliphatic carbocycles. The van der Waals surface area contributed by atoms with Crippen LogP contribution in [-0.2, 0) is 4.79 Å². The molecule has 3 nitrogen and oxygen atoms in total. The summed E-state index contributed by atoms with van der Waals surface area (Å²) in [7, 11) is 0. The zero-order chi connectivity index (χ0) is 23.3. The Morgan fingerprint density at radius 1 is 0.906 bits per heavy atom. The van der Waals surface area contributed by atoms with Gasteiger partial charge in [-0.1, -0.05) is 46.3 Å². The molecule has 32 heavy (non-hydrogen) atoms. The molecule has 0 aromatic carbocycles. The molecule has 0 radical (unpaired) electrons. The SMILES string of the molecule is CC1(C(=O)O)CCC2(C)CCC3(C)C(=CCC4C3CCC3C(C)(C)C(O)CCC43C)C2C1. The highest BCUT2D eigenvalue weighted by Crippen LogP contribution is 2.71. The number of carboxylic acid groups (broad SMARTS) is 1. The highest BCUT2D eigenvalue weighted by molar-refractivity contribution is 5.74. The van der Waals surface area contributed by atoms with Gasteiger partial charge in [0.25, 0.3) is 0 Å². The van der Waals surface area contributed by atoms with Crippen LogP contribution in [0.5, 0.6) is 0 Å². The first kappa shape index (κ1) is 22.9. The molecule has 0 aromatic rings. The molecule has 0 spiro atoms. The third-order valence-corrected chi connectivity index (χ3v) is 12.5. The van der Waals surface area contributed by atoms with Crippen molar-refractivity contribution >= 4 is 5.97 Å². The lowest BCUT2D eigenvalue weighted by Gasteiger charge is -2.67. The van der Waals surface area contributed by atoms with Crippen molar-refractivity contribution in [1.82, 2.24) is 0 Å². The van der Waals surface area contributed by atoms with Crippen LogP contribution in [0.15, 0.2) is 11.6 Å². The van der Waals surface area contributed by atoms with Crippen LogP contribution in [-0.4, -0.2) is 22.3 Å². The number of aliphatic hydroxyl groups is 1. The monoisotopic (exact) mass is 442 g/mol. The van der Waals surface area contributed by atoms with Crippen LogP contribution in [0.3, 0.4) is 0 Å². The Labute approximate surface area is 195 Å². The number of fused-ring (bicyclic) bond motifs is 7. The molecule has 0 aliphatic heterocycles. The number of allylic oxidation sites excluding steroid dienone is 2. The second-order valence-corrected chi connectivity index (χ2v) is 14.3. The van der Waals surface area contributed by atoms with Gasteiger partial charge in [-0.2, -0.15) is 0 Å². The topological polar surface area (TPSA) is 57.5 Å². The third-order valence-electron chi connectivity index (χ3n) is 12.5. The number of carboxylic acids is 1. The van der Waals surface area contributed by atoms with Crippen molar-refractivity contribution in [2.45, 2.75) is 112 Å². The number of aliphatic carboxylic acids is 1. The maximum atomic E-state index is 12.2. The lowest BCUT2D eigenvalue weighted by Crippen LogP contribution is -2.60. The molecular weight excluding hydrogens is 396 g/mol. The van der Waals surface area contributed by atoms with Gasteiger partial charge in [-0.15, -0.1) is 0 Å². The molecule has 0 heterocycles. The van der Waals surface area contributed by atoms with Gasteiger partial charge in [0.2, 0.25) is 0 Å². The molecule has 5 aliphatic rings. The molecule has 180 valence electrons. The number of carbonyl (C=O) groups is 1. The highest BCUT2D eigenvalue weighted by atomic mass is 16.4. The van der Waals surface area contributed by atoms with Crippen LogP contribution in [0.4, 0.5) is 0 Å². The van der Waals surface area contributed by atoms with E-state index in [-0.39, 0.29) is 22.3 Å². The van der Waals surface area contributed by atoms with Crippen molar-refractivity contribution in [1.29, 1.82) is 0 Å². The van der Waals surface area contributed by atoms with Crippen molar-refractivity contribution < 1.29 is 15.0 Å². The van der Waals surface area contributed by atoms with Gasteiger partial charge in [0.05, 0.1) is 11.5 Å². The normalized spacial score (nSPS) is 54.3. The van der Waals surface area contributed by atoms with Gasteiger partial charge in [-0.3, -0.25) is 4.79 Å². The molecular formula is C29H46O3. The van der Waals surface area contributed by atoms with E-state index < -0.39 is 11.4 Å². The van der Waals surface area contributed by atoms with E-state index in [1.54, 1.807) is 5.57 Å². The number of rotatable bonds is 1. The molecule has 0 amide bonds. The van der Waals surface area contributed by atoms with Gasteiger partial charge in [-0.05, 0) is 116 Å². The fourth-order valence-corrected chi connectivity index (χ4v) is 10.1. The molecule has 0 saturated heterocycles. The minimum atomic E-state index is -0.600. The zero-order valence-corrected chi connectivity index (χ0v) is 21.3. The Balaban J connectivity index is 1.52. The second kappa shape index (κ2) is 6.86. The van der Waals surface area contributed by atoms with Crippen molar-refractivity contribution in [3.05, 3.63) is 11.6 Å². The van der Waals surface area contributed by atoms with E-state index in [1.807, 2.05) is 6.92 Å². The summed E-state index contributed by atoms with van der Waals surface area (Å²) in [5.41, 5.74) is 1.85. The summed E-state index contributed by atoms with van der Waals surface area (Å²) in [6, 6.07) is 0. The molecule has 3 heteroatoms. The van der Waals surface area contributed by atoms with Crippen LogP contribution >= 0.6 is 0 Å². The minimum absolute atomic E-state index is 0.000669. The Hall–Kier alpha value is -0.830. The van der Waals surface area contributed by atoms with Crippen LogP contribution in [0.1, 0.15) is 106 Å². The first-order valence-electron chi connectivity index (χ1n) is 13.4. The van der Waals surface area contributed by atoms with E-state index in [9.17, 15) is 15.0 Å². The third kappa shape index (κ3) is 2.85. The van der Waals surface area contributed by atoms with Crippen LogP contribution < -0.4 is 0 Å². The molecule has 2 N–H and O–H groups in total. The van der Waals surface area contributed by atoms with Crippen molar-refractivity contribution in [3.8, 4) is 0 Å². The van der Waals surface area contributed by atoms with Gasteiger partial charge in [0, 0.05) is 0 Å². The predicted octanol–water partition coefficient (Wildman–Crippen LogP) is 6.84. The quantitative estimate of drug-likeness (QED) is 0.437. The Bertz CT molecular complexity index is 843. The number of hydrogen-bond acceptors (Lipinski definition) is 2. The van der Waals surface area contributed by atoms with Crippen LogP contribution in [0, 0.1) is 50.7 Å². The van der Waals surface area contributed by atoms with Crippen molar-refractivity contribution in [2.24, 2.45) is 50.7 Å². The molecule has 5 rings (SSSR count). The van der Waals surface area contributed by atoms with Crippen LogP contribution in [0.2, 0.25) is 0 Å². The van der Waals surface area contributed by atoms with Crippen molar-refractivity contribution in [2.75, 3.05) is 0 Å². The summed E-state index contributed by atoms with van der Waals surface area (Å²) in [5, 5.41) is 20.8. The fraction of sp³-hybridized carbons (Fsp3) is 0.897. The lowest BCUT2D eigenvalue weighted by molar-refractivity contribution is -0.172. The van der Waals surface area contributed by atoms with E-state index >= 15 is 0 Å². The maximum Gasteiger partial charge on any atom is 0.309 e. The lowest BCUT2D eigenvalue weighted by atomic mass is 9.38. The van der Waals surface area contributed by atoms with E-state index in [0.717, 1.165) is 38.5 Å². The molecule has 4 fully saturated rings. The Kier molecular flexibility index (Phi) is 4.92. The van der Waals surface area contributed by atoms with Gasteiger partial charge in [0.15, 0.2) is 0 Å².